The molecule has 0 N–H and O–H groups in total. The van der Waals surface area contributed by atoms with E-state index in [9.17, 15) is 5.26 Å². The second kappa shape index (κ2) is 5.62. The molecule has 3 nitrogen and oxygen atoms in total. The molecule has 96 valence electrons. The summed E-state index contributed by atoms with van der Waals surface area (Å²) in [7, 11) is 0. The van der Waals surface area contributed by atoms with Gasteiger partial charge in [-0.05, 0) is 41.7 Å². The Bertz CT molecular complexity index is 597. The van der Waals surface area contributed by atoms with E-state index in [0.717, 1.165) is 11.1 Å². The summed E-state index contributed by atoms with van der Waals surface area (Å²) < 4.78 is 0. The number of benzene rings is 1. The normalized spacial score (nSPS) is 12.2. The first kappa shape index (κ1) is 13.2. The van der Waals surface area contributed by atoms with Crippen molar-refractivity contribution in [3.8, 4) is 6.07 Å². The summed E-state index contributed by atoms with van der Waals surface area (Å²) in [6.07, 6.45) is 1.62. The van der Waals surface area contributed by atoms with E-state index in [2.05, 4.69) is 48.3 Å². The van der Waals surface area contributed by atoms with Gasteiger partial charge in [0, 0.05) is 6.20 Å². The minimum atomic E-state index is -0.354. The molecule has 1 aromatic carbocycles. The third kappa shape index (κ3) is 2.79. The average molecular weight is 251 g/mol. The summed E-state index contributed by atoms with van der Waals surface area (Å²) in [5.41, 5.74) is 4.08. The van der Waals surface area contributed by atoms with Crippen molar-refractivity contribution in [2.24, 2.45) is 0 Å². The van der Waals surface area contributed by atoms with Gasteiger partial charge >= 0.3 is 0 Å². The molecule has 1 aromatic heterocycles. The standard InChI is InChI=1S/C16H17N3/c1-11(2)13-7-6-12(3)14(9-13)15(10-17)16-5-4-8-18-19-16/h4-9,11,15H,1-3H3. The molecule has 2 rings (SSSR count). The lowest BCUT2D eigenvalue weighted by atomic mass is 9.89. The smallest absolute Gasteiger partial charge is 0.115 e. The zero-order valence-electron chi connectivity index (χ0n) is 11.5. The van der Waals surface area contributed by atoms with Crippen LogP contribution >= 0.6 is 0 Å². The Hall–Kier alpha value is -2.21. The van der Waals surface area contributed by atoms with Crippen LogP contribution < -0.4 is 0 Å². The third-order valence-corrected chi connectivity index (χ3v) is 3.30. The van der Waals surface area contributed by atoms with Crippen LogP contribution in [0.15, 0.2) is 36.5 Å². The molecule has 0 bridgehead atoms. The summed E-state index contributed by atoms with van der Waals surface area (Å²) in [6, 6.07) is 12.3. The lowest BCUT2D eigenvalue weighted by Gasteiger charge is -2.14. The number of aromatic nitrogens is 2. The van der Waals surface area contributed by atoms with Crippen molar-refractivity contribution in [2.75, 3.05) is 0 Å². The van der Waals surface area contributed by atoms with Gasteiger partial charge in [-0.3, -0.25) is 0 Å². The zero-order valence-corrected chi connectivity index (χ0v) is 11.5. The van der Waals surface area contributed by atoms with E-state index in [1.165, 1.54) is 5.56 Å². The number of hydrogen-bond donors (Lipinski definition) is 0. The largest absolute Gasteiger partial charge is 0.197 e. The van der Waals surface area contributed by atoms with Crippen molar-refractivity contribution in [3.05, 3.63) is 58.9 Å². The van der Waals surface area contributed by atoms with Crippen LogP contribution in [0.4, 0.5) is 0 Å². The van der Waals surface area contributed by atoms with Gasteiger partial charge in [-0.1, -0.05) is 32.0 Å². The van der Waals surface area contributed by atoms with Crippen LogP contribution in [0.2, 0.25) is 0 Å². The van der Waals surface area contributed by atoms with Crippen LogP contribution in [0.5, 0.6) is 0 Å². The van der Waals surface area contributed by atoms with Crippen LogP contribution in [-0.4, -0.2) is 10.2 Å². The molecule has 0 aliphatic rings. The highest BCUT2D eigenvalue weighted by Crippen LogP contribution is 2.28. The fourth-order valence-electron chi connectivity index (χ4n) is 2.09. The summed E-state index contributed by atoms with van der Waals surface area (Å²) in [4.78, 5) is 0. The number of aryl methyl sites for hydroxylation is 1. The van der Waals surface area contributed by atoms with Gasteiger partial charge in [0.05, 0.1) is 11.8 Å². The summed E-state index contributed by atoms with van der Waals surface area (Å²) in [6.45, 7) is 6.33. The van der Waals surface area contributed by atoms with Crippen molar-refractivity contribution in [1.29, 1.82) is 5.26 Å². The summed E-state index contributed by atoms with van der Waals surface area (Å²) >= 11 is 0. The van der Waals surface area contributed by atoms with Gasteiger partial charge in [0.25, 0.3) is 0 Å². The van der Waals surface area contributed by atoms with E-state index in [0.29, 0.717) is 11.6 Å². The monoisotopic (exact) mass is 251 g/mol. The summed E-state index contributed by atoms with van der Waals surface area (Å²) in [5.74, 6) is 0.0907. The molecule has 0 saturated carbocycles. The van der Waals surface area contributed by atoms with E-state index in [1.54, 1.807) is 6.20 Å². The lowest BCUT2D eigenvalue weighted by Crippen LogP contribution is -2.05. The first-order valence-electron chi connectivity index (χ1n) is 6.41. The van der Waals surface area contributed by atoms with E-state index >= 15 is 0 Å². The van der Waals surface area contributed by atoms with Crippen molar-refractivity contribution in [1.82, 2.24) is 10.2 Å². The SMILES string of the molecule is Cc1ccc(C(C)C)cc1C(C#N)c1cccnn1. The predicted octanol–water partition coefficient (Wildman–Crippen LogP) is 3.56. The molecule has 1 unspecified atom stereocenters. The van der Waals surface area contributed by atoms with E-state index in [1.807, 2.05) is 19.1 Å². The maximum atomic E-state index is 9.47. The van der Waals surface area contributed by atoms with Gasteiger partial charge in [0.2, 0.25) is 0 Å². The molecule has 0 aliphatic carbocycles. The highest BCUT2D eigenvalue weighted by molar-refractivity contribution is 5.42. The van der Waals surface area contributed by atoms with Crippen molar-refractivity contribution >= 4 is 0 Å². The maximum Gasteiger partial charge on any atom is 0.115 e. The van der Waals surface area contributed by atoms with Gasteiger partial charge in [-0.2, -0.15) is 15.5 Å². The fourth-order valence-corrected chi connectivity index (χ4v) is 2.09. The van der Waals surface area contributed by atoms with Gasteiger partial charge in [-0.15, -0.1) is 0 Å². The van der Waals surface area contributed by atoms with Crippen LogP contribution in [0.1, 0.15) is 48.1 Å². The first-order chi connectivity index (χ1) is 9.13. The Labute approximate surface area is 113 Å². The minimum absolute atomic E-state index is 0.354. The van der Waals surface area contributed by atoms with Crippen LogP contribution in [-0.2, 0) is 0 Å². The van der Waals surface area contributed by atoms with E-state index in [-0.39, 0.29) is 5.92 Å². The zero-order chi connectivity index (χ0) is 13.8. The van der Waals surface area contributed by atoms with Gasteiger partial charge in [0.1, 0.15) is 5.92 Å². The van der Waals surface area contributed by atoms with Crippen LogP contribution in [0.3, 0.4) is 0 Å². The second-order valence-corrected chi connectivity index (χ2v) is 4.98. The lowest BCUT2D eigenvalue weighted by molar-refractivity contribution is 0.845. The van der Waals surface area contributed by atoms with Crippen molar-refractivity contribution in [3.63, 3.8) is 0 Å². The molecule has 0 amide bonds. The van der Waals surface area contributed by atoms with Crippen LogP contribution in [0.25, 0.3) is 0 Å². The number of nitriles is 1. The van der Waals surface area contributed by atoms with Gasteiger partial charge in [-0.25, -0.2) is 0 Å². The van der Waals surface area contributed by atoms with Gasteiger partial charge < -0.3 is 0 Å². The average Bonchev–Trinajstić information content (AvgIpc) is 2.42. The molecule has 0 aliphatic heterocycles. The molecule has 0 spiro atoms. The Morgan fingerprint density at radius 1 is 1.21 bits per heavy atom. The fraction of sp³-hybridized carbons (Fsp3) is 0.312. The molecule has 1 heterocycles. The molecule has 0 fully saturated rings. The number of nitrogens with zero attached hydrogens (tertiary/aromatic N) is 3. The molecule has 0 saturated heterocycles. The first-order valence-corrected chi connectivity index (χ1v) is 6.41. The van der Waals surface area contributed by atoms with E-state index < -0.39 is 0 Å². The number of rotatable bonds is 3. The second-order valence-electron chi connectivity index (χ2n) is 4.98. The third-order valence-electron chi connectivity index (χ3n) is 3.30. The molecule has 2 aromatic rings. The molecule has 19 heavy (non-hydrogen) atoms. The maximum absolute atomic E-state index is 9.47. The quantitative estimate of drug-likeness (QED) is 0.838. The Morgan fingerprint density at radius 2 is 2.00 bits per heavy atom. The number of hydrogen-bond acceptors (Lipinski definition) is 3. The molecule has 3 heteroatoms. The van der Waals surface area contributed by atoms with Crippen molar-refractivity contribution < 1.29 is 0 Å². The molecule has 1 atom stereocenters. The van der Waals surface area contributed by atoms with Gasteiger partial charge in [0.15, 0.2) is 0 Å². The Balaban J connectivity index is 2.50. The minimum Gasteiger partial charge on any atom is -0.197 e. The predicted molar refractivity (Wildman–Crippen MR) is 74.8 cm³/mol. The topological polar surface area (TPSA) is 49.6 Å². The Kier molecular flexibility index (Phi) is 3.91. The van der Waals surface area contributed by atoms with E-state index in [4.69, 9.17) is 0 Å². The van der Waals surface area contributed by atoms with Crippen molar-refractivity contribution in [2.45, 2.75) is 32.6 Å². The molecular weight excluding hydrogens is 234 g/mol. The molecule has 0 radical (unpaired) electrons. The Morgan fingerprint density at radius 3 is 2.58 bits per heavy atom. The van der Waals surface area contributed by atoms with Crippen LogP contribution in [0, 0.1) is 18.3 Å². The molecular formula is C16H17N3. The summed E-state index contributed by atoms with van der Waals surface area (Å²) in [5, 5.41) is 17.4. The highest BCUT2D eigenvalue weighted by Gasteiger charge is 2.18. The highest BCUT2D eigenvalue weighted by atomic mass is 15.1.